The fourth-order valence-corrected chi connectivity index (χ4v) is 2.85. The van der Waals surface area contributed by atoms with Crippen molar-refractivity contribution in [3.05, 3.63) is 89.1 Å². The molecule has 9 heteroatoms. The first-order chi connectivity index (χ1) is 14.8. The van der Waals surface area contributed by atoms with Gasteiger partial charge in [0.1, 0.15) is 5.82 Å². The number of hydrogen-bond acceptors (Lipinski definition) is 4. The van der Waals surface area contributed by atoms with Crippen molar-refractivity contribution in [2.75, 3.05) is 17.7 Å². The summed E-state index contributed by atoms with van der Waals surface area (Å²) in [5.41, 5.74) is 0.613. The molecule has 2 aromatic carbocycles. The van der Waals surface area contributed by atoms with Crippen molar-refractivity contribution >= 4 is 23.3 Å². The van der Waals surface area contributed by atoms with E-state index < -0.39 is 17.6 Å². The number of rotatable bonds is 6. The topological polar surface area (TPSA) is 83.1 Å². The zero-order chi connectivity index (χ0) is 22.4. The third-order valence-corrected chi connectivity index (χ3v) is 4.38. The predicted molar refractivity (Wildman–Crippen MR) is 111 cm³/mol. The number of pyridine rings is 1. The van der Waals surface area contributed by atoms with Gasteiger partial charge in [0.05, 0.1) is 11.1 Å². The molecule has 0 atom stereocenters. The molecule has 0 aliphatic heterocycles. The Labute approximate surface area is 176 Å². The maximum atomic E-state index is 12.9. The van der Waals surface area contributed by atoms with Crippen LogP contribution in [0, 0.1) is 0 Å². The molecule has 0 aliphatic rings. The molecule has 0 spiro atoms. The molecule has 0 aliphatic carbocycles. The van der Waals surface area contributed by atoms with Crippen LogP contribution in [0.25, 0.3) is 0 Å². The van der Waals surface area contributed by atoms with Crippen molar-refractivity contribution in [2.24, 2.45) is 0 Å². The van der Waals surface area contributed by atoms with Crippen LogP contribution in [0.15, 0.2) is 66.9 Å². The first kappa shape index (κ1) is 21.8. The molecule has 31 heavy (non-hydrogen) atoms. The summed E-state index contributed by atoms with van der Waals surface area (Å²) in [6, 6.07) is 14.4. The Bertz CT molecular complexity index is 1100. The quantitative estimate of drug-likeness (QED) is 0.546. The molecule has 0 saturated carbocycles. The molecule has 2 amide bonds. The van der Waals surface area contributed by atoms with E-state index in [4.69, 9.17) is 0 Å². The summed E-state index contributed by atoms with van der Waals surface area (Å²) >= 11 is 0. The number of carbonyl (C=O) groups excluding carboxylic acids is 2. The molecule has 0 bridgehead atoms. The number of nitrogens with zero attached hydrogens (tertiary/aromatic N) is 1. The summed E-state index contributed by atoms with van der Waals surface area (Å²) < 4.78 is 38.7. The molecular weight excluding hydrogens is 409 g/mol. The van der Waals surface area contributed by atoms with Gasteiger partial charge in [-0.15, -0.1) is 0 Å². The highest BCUT2D eigenvalue weighted by Gasteiger charge is 2.30. The molecular formula is C22H19F3N4O2. The molecule has 0 radical (unpaired) electrons. The van der Waals surface area contributed by atoms with Gasteiger partial charge in [-0.2, -0.15) is 13.2 Å². The minimum Gasteiger partial charge on any atom is -0.365 e. The first-order valence-electron chi connectivity index (χ1n) is 9.26. The highest BCUT2D eigenvalue weighted by atomic mass is 19.4. The van der Waals surface area contributed by atoms with Crippen LogP contribution in [0.4, 0.5) is 24.7 Å². The number of anilines is 2. The highest BCUT2D eigenvalue weighted by molar-refractivity contribution is 6.07. The first-order valence-corrected chi connectivity index (χ1v) is 9.26. The maximum absolute atomic E-state index is 12.9. The van der Waals surface area contributed by atoms with E-state index >= 15 is 0 Å². The van der Waals surface area contributed by atoms with Crippen LogP contribution in [-0.4, -0.2) is 23.8 Å². The highest BCUT2D eigenvalue weighted by Crippen LogP contribution is 2.30. The maximum Gasteiger partial charge on any atom is 0.416 e. The number of benzene rings is 2. The molecule has 3 rings (SSSR count). The third-order valence-electron chi connectivity index (χ3n) is 4.38. The summed E-state index contributed by atoms with van der Waals surface area (Å²) in [5, 5.41) is 8.05. The second-order valence-electron chi connectivity index (χ2n) is 6.57. The summed E-state index contributed by atoms with van der Waals surface area (Å²) in [6.45, 7) is 0.283. The molecule has 3 aromatic rings. The van der Waals surface area contributed by atoms with Crippen molar-refractivity contribution in [3.8, 4) is 0 Å². The third kappa shape index (κ3) is 5.59. The average Bonchev–Trinajstić information content (AvgIpc) is 2.77. The van der Waals surface area contributed by atoms with Crippen molar-refractivity contribution < 1.29 is 22.8 Å². The molecule has 0 fully saturated rings. The number of amides is 2. The number of halogens is 3. The lowest BCUT2D eigenvalue weighted by Gasteiger charge is -2.13. The fourth-order valence-electron chi connectivity index (χ4n) is 2.85. The summed E-state index contributed by atoms with van der Waals surface area (Å²) in [5.74, 6) is -0.563. The van der Waals surface area contributed by atoms with Gasteiger partial charge >= 0.3 is 6.18 Å². The number of aromatic nitrogens is 1. The van der Waals surface area contributed by atoms with Gasteiger partial charge in [0, 0.05) is 31.0 Å². The monoisotopic (exact) mass is 428 g/mol. The van der Waals surface area contributed by atoms with E-state index in [-0.39, 0.29) is 29.5 Å². The molecule has 1 heterocycles. The molecule has 6 nitrogen and oxygen atoms in total. The average molecular weight is 428 g/mol. The van der Waals surface area contributed by atoms with Gasteiger partial charge in [-0.25, -0.2) is 4.98 Å². The number of hydrogen-bond donors (Lipinski definition) is 3. The molecule has 0 saturated heterocycles. The van der Waals surface area contributed by atoms with Crippen molar-refractivity contribution in [1.82, 2.24) is 10.3 Å². The van der Waals surface area contributed by atoms with E-state index in [1.807, 2.05) is 6.07 Å². The van der Waals surface area contributed by atoms with Crippen molar-refractivity contribution in [1.29, 1.82) is 0 Å². The Morgan fingerprint density at radius 3 is 2.48 bits per heavy atom. The van der Waals surface area contributed by atoms with Crippen LogP contribution in [0.5, 0.6) is 0 Å². The molecule has 160 valence electrons. The second kappa shape index (κ2) is 9.29. The largest absolute Gasteiger partial charge is 0.416 e. The predicted octanol–water partition coefficient (Wildman–Crippen LogP) is 4.32. The van der Waals surface area contributed by atoms with Crippen LogP contribution in [0.2, 0.25) is 0 Å². The van der Waals surface area contributed by atoms with E-state index in [1.54, 1.807) is 24.3 Å². The van der Waals surface area contributed by atoms with Crippen molar-refractivity contribution in [3.63, 3.8) is 0 Å². The fraction of sp³-hybridized carbons (Fsp3) is 0.136. The Balaban J connectivity index is 1.75. The summed E-state index contributed by atoms with van der Waals surface area (Å²) in [7, 11) is 1.54. The van der Waals surface area contributed by atoms with Gasteiger partial charge in [-0.05, 0) is 48.0 Å². The zero-order valence-corrected chi connectivity index (χ0v) is 16.5. The van der Waals surface area contributed by atoms with Crippen LogP contribution in [0.1, 0.15) is 31.8 Å². The van der Waals surface area contributed by atoms with Crippen LogP contribution in [0.3, 0.4) is 0 Å². The standard InChI is InChI=1S/C22H19F3N4O2/c1-26-20(30)15-6-2-5-14(11-15)13-28-19-18(9-4-10-27-19)21(31)29-17-8-3-7-16(12-17)22(23,24)25/h2-12H,13H2,1H3,(H,26,30)(H,27,28)(H,29,31). The normalized spacial score (nSPS) is 11.0. The lowest BCUT2D eigenvalue weighted by atomic mass is 10.1. The number of alkyl halides is 3. The Kier molecular flexibility index (Phi) is 6.54. The SMILES string of the molecule is CNC(=O)c1cccc(CNc2ncccc2C(=O)Nc2cccc(C(F)(F)F)c2)c1. The Morgan fingerprint density at radius 1 is 0.968 bits per heavy atom. The van der Waals surface area contributed by atoms with Gasteiger partial charge in [0.2, 0.25) is 0 Å². The van der Waals surface area contributed by atoms with Crippen LogP contribution >= 0.6 is 0 Å². The Morgan fingerprint density at radius 2 is 1.74 bits per heavy atom. The van der Waals surface area contributed by atoms with E-state index in [9.17, 15) is 22.8 Å². The molecule has 3 N–H and O–H groups in total. The number of nitrogens with one attached hydrogen (secondary N) is 3. The second-order valence-corrected chi connectivity index (χ2v) is 6.57. The minimum absolute atomic E-state index is 0.0212. The lowest BCUT2D eigenvalue weighted by molar-refractivity contribution is -0.137. The van der Waals surface area contributed by atoms with Gasteiger partial charge in [0.25, 0.3) is 11.8 Å². The molecule has 0 unspecified atom stereocenters. The minimum atomic E-state index is -4.51. The zero-order valence-electron chi connectivity index (χ0n) is 16.5. The van der Waals surface area contributed by atoms with Gasteiger partial charge in [0.15, 0.2) is 0 Å². The molecule has 1 aromatic heterocycles. The van der Waals surface area contributed by atoms with Gasteiger partial charge in [-0.3, -0.25) is 9.59 Å². The van der Waals surface area contributed by atoms with E-state index in [0.717, 1.165) is 17.7 Å². The van der Waals surface area contributed by atoms with Gasteiger partial charge < -0.3 is 16.0 Å². The lowest BCUT2D eigenvalue weighted by Crippen LogP contribution is -2.18. The van der Waals surface area contributed by atoms with E-state index in [1.165, 1.54) is 31.4 Å². The number of carbonyl (C=O) groups is 2. The van der Waals surface area contributed by atoms with Crippen molar-refractivity contribution in [2.45, 2.75) is 12.7 Å². The van der Waals surface area contributed by atoms with Crippen LogP contribution < -0.4 is 16.0 Å². The van der Waals surface area contributed by atoms with E-state index in [0.29, 0.717) is 5.56 Å². The Hall–Kier alpha value is -3.88. The van der Waals surface area contributed by atoms with Gasteiger partial charge in [-0.1, -0.05) is 18.2 Å². The van der Waals surface area contributed by atoms with Crippen LogP contribution in [-0.2, 0) is 12.7 Å². The van der Waals surface area contributed by atoms with E-state index in [2.05, 4.69) is 20.9 Å². The summed E-state index contributed by atoms with van der Waals surface area (Å²) in [6.07, 6.45) is -3.02. The summed E-state index contributed by atoms with van der Waals surface area (Å²) in [4.78, 5) is 28.6. The smallest absolute Gasteiger partial charge is 0.365 e.